The first kappa shape index (κ1) is 14.3. The van der Waals surface area contributed by atoms with Crippen molar-refractivity contribution in [2.75, 3.05) is 13.1 Å². The van der Waals surface area contributed by atoms with Gasteiger partial charge in [-0.25, -0.2) is 4.98 Å². The second-order valence-electron chi connectivity index (χ2n) is 3.25. The van der Waals surface area contributed by atoms with E-state index in [1.54, 1.807) is 0 Å². The smallest absolute Gasteiger partial charge is 0.323 e. The third-order valence-electron chi connectivity index (χ3n) is 1.95. The van der Waals surface area contributed by atoms with Gasteiger partial charge in [-0.05, 0) is 6.07 Å². The van der Waals surface area contributed by atoms with Crippen LogP contribution in [0.4, 0.5) is 0 Å². The fourth-order valence-electron chi connectivity index (χ4n) is 1.22. The summed E-state index contributed by atoms with van der Waals surface area (Å²) < 4.78 is 0. The maximum atomic E-state index is 12.0. The zero-order valence-electron chi connectivity index (χ0n) is 9.06. The van der Waals surface area contributed by atoms with Gasteiger partial charge in [0.25, 0.3) is 5.91 Å². The minimum absolute atomic E-state index is 0.0631. The molecule has 0 aromatic carbocycles. The van der Waals surface area contributed by atoms with Crippen LogP contribution in [0.5, 0.6) is 0 Å². The van der Waals surface area contributed by atoms with Gasteiger partial charge in [0.2, 0.25) is 0 Å². The summed E-state index contributed by atoms with van der Waals surface area (Å²) in [7, 11) is 0. The summed E-state index contributed by atoms with van der Waals surface area (Å²) in [6, 6.07) is 1.26. The number of hydrogen-bond acceptors (Lipinski definition) is 3. The van der Waals surface area contributed by atoms with Crippen molar-refractivity contribution in [1.82, 2.24) is 9.88 Å². The molecule has 1 aromatic rings. The Kier molecular flexibility index (Phi) is 4.95. The summed E-state index contributed by atoms with van der Waals surface area (Å²) in [6.45, 7) is -0.652. The highest BCUT2D eigenvalue weighted by molar-refractivity contribution is 6.35. The van der Waals surface area contributed by atoms with Gasteiger partial charge in [0, 0.05) is 6.20 Å². The van der Waals surface area contributed by atoms with Crippen LogP contribution in [0.25, 0.3) is 0 Å². The molecule has 0 saturated heterocycles. The minimum Gasteiger partial charge on any atom is -0.480 e. The summed E-state index contributed by atoms with van der Waals surface area (Å²) in [5.41, 5.74) is 0.0631. The van der Waals surface area contributed by atoms with Crippen LogP contribution in [-0.2, 0) is 4.79 Å². The van der Waals surface area contributed by atoms with Crippen molar-refractivity contribution < 1.29 is 14.7 Å². The number of terminal acetylenes is 1. The zero-order chi connectivity index (χ0) is 13.7. The van der Waals surface area contributed by atoms with Crippen LogP contribution in [0, 0.1) is 12.3 Å². The number of nitrogens with zero attached hydrogens (tertiary/aromatic N) is 2. The quantitative estimate of drug-likeness (QED) is 0.673. The first-order valence-corrected chi connectivity index (χ1v) is 5.47. The molecular formula is C11H8Cl2N2O3. The lowest BCUT2D eigenvalue weighted by molar-refractivity contribution is -0.137. The van der Waals surface area contributed by atoms with E-state index in [1.165, 1.54) is 12.3 Å². The third kappa shape index (κ3) is 3.62. The molecule has 0 aliphatic heterocycles. The van der Waals surface area contributed by atoms with E-state index < -0.39 is 18.4 Å². The number of carboxylic acid groups (broad SMARTS) is 1. The minimum atomic E-state index is -1.17. The number of amides is 1. The Balaban J connectivity index is 3.05. The monoisotopic (exact) mass is 286 g/mol. The SMILES string of the molecule is C#CCN(CC(=O)O)C(=O)c1cc(Cl)ncc1Cl. The van der Waals surface area contributed by atoms with Gasteiger partial charge < -0.3 is 10.0 Å². The molecule has 1 rings (SSSR count). The molecule has 1 N–H and O–H groups in total. The molecule has 18 heavy (non-hydrogen) atoms. The summed E-state index contributed by atoms with van der Waals surface area (Å²) in [5, 5.41) is 8.86. The molecule has 0 spiro atoms. The average molecular weight is 287 g/mol. The predicted molar refractivity (Wildman–Crippen MR) is 66.6 cm³/mol. The molecule has 5 nitrogen and oxygen atoms in total. The molecule has 1 aromatic heterocycles. The molecule has 0 aliphatic rings. The van der Waals surface area contributed by atoms with Crippen molar-refractivity contribution in [3.8, 4) is 12.3 Å². The first-order chi connectivity index (χ1) is 8.45. The van der Waals surface area contributed by atoms with Gasteiger partial charge in [-0.2, -0.15) is 0 Å². The van der Waals surface area contributed by atoms with Gasteiger partial charge in [0.15, 0.2) is 0 Å². The fraction of sp³-hybridized carbons (Fsp3) is 0.182. The van der Waals surface area contributed by atoms with Crippen LogP contribution in [0.2, 0.25) is 10.2 Å². The molecular weight excluding hydrogens is 279 g/mol. The van der Waals surface area contributed by atoms with Crippen LogP contribution in [0.1, 0.15) is 10.4 Å². The van der Waals surface area contributed by atoms with Gasteiger partial charge in [-0.3, -0.25) is 9.59 Å². The topological polar surface area (TPSA) is 70.5 Å². The summed E-state index contributed by atoms with van der Waals surface area (Å²) in [4.78, 5) is 27.3. The van der Waals surface area contributed by atoms with Crippen molar-refractivity contribution in [3.63, 3.8) is 0 Å². The molecule has 0 fully saturated rings. The lowest BCUT2D eigenvalue weighted by atomic mass is 10.2. The lowest BCUT2D eigenvalue weighted by Crippen LogP contribution is -2.36. The molecule has 1 heterocycles. The van der Waals surface area contributed by atoms with Crippen molar-refractivity contribution in [2.45, 2.75) is 0 Å². The van der Waals surface area contributed by atoms with Crippen molar-refractivity contribution in [1.29, 1.82) is 0 Å². The molecule has 0 aliphatic carbocycles. The second-order valence-corrected chi connectivity index (χ2v) is 4.04. The third-order valence-corrected chi connectivity index (χ3v) is 2.46. The molecule has 1 amide bonds. The summed E-state index contributed by atoms with van der Waals surface area (Å²) >= 11 is 11.5. The van der Waals surface area contributed by atoms with Crippen LogP contribution in [0.15, 0.2) is 12.3 Å². The van der Waals surface area contributed by atoms with Gasteiger partial charge in [0.1, 0.15) is 11.7 Å². The molecule has 7 heteroatoms. The zero-order valence-corrected chi connectivity index (χ0v) is 10.6. The number of aromatic nitrogens is 1. The maximum Gasteiger partial charge on any atom is 0.323 e. The largest absolute Gasteiger partial charge is 0.480 e. The molecule has 0 radical (unpaired) electrons. The van der Waals surface area contributed by atoms with Gasteiger partial charge in [-0.1, -0.05) is 29.1 Å². The number of carbonyl (C=O) groups is 2. The second kappa shape index (κ2) is 6.24. The van der Waals surface area contributed by atoms with Crippen molar-refractivity contribution >= 4 is 35.1 Å². The Bertz CT molecular complexity index is 526. The van der Waals surface area contributed by atoms with E-state index in [0.717, 1.165) is 4.90 Å². The van der Waals surface area contributed by atoms with E-state index in [-0.39, 0.29) is 22.3 Å². The highest BCUT2D eigenvalue weighted by Gasteiger charge is 2.20. The van der Waals surface area contributed by atoms with E-state index in [0.29, 0.717) is 0 Å². The standard InChI is InChI=1S/C11H8Cl2N2O3/c1-2-3-15(6-10(16)17)11(18)7-4-9(13)14-5-8(7)12/h1,4-5H,3,6H2,(H,16,17). The normalized spacial score (nSPS) is 9.61. The predicted octanol–water partition coefficient (Wildman–Crippen LogP) is 1.55. The summed E-state index contributed by atoms with van der Waals surface area (Å²) in [5.74, 6) is 0.430. The molecule has 0 atom stereocenters. The van der Waals surface area contributed by atoms with Gasteiger partial charge in [0.05, 0.1) is 17.1 Å². The molecule has 0 bridgehead atoms. The first-order valence-electron chi connectivity index (χ1n) is 4.71. The molecule has 0 unspecified atom stereocenters. The van der Waals surface area contributed by atoms with E-state index in [1.807, 2.05) is 0 Å². The Morgan fingerprint density at radius 2 is 2.17 bits per heavy atom. The van der Waals surface area contributed by atoms with Crippen LogP contribution in [-0.4, -0.2) is 40.0 Å². The number of carbonyl (C=O) groups excluding carboxylic acids is 1. The lowest BCUT2D eigenvalue weighted by Gasteiger charge is -2.18. The molecule has 0 saturated carbocycles. The average Bonchev–Trinajstić information content (AvgIpc) is 2.30. The van der Waals surface area contributed by atoms with Crippen LogP contribution < -0.4 is 0 Å². The molecule has 94 valence electrons. The number of aliphatic carboxylic acids is 1. The van der Waals surface area contributed by atoms with Crippen LogP contribution in [0.3, 0.4) is 0 Å². The summed E-state index contributed by atoms with van der Waals surface area (Å²) in [6.07, 6.45) is 6.29. The van der Waals surface area contributed by atoms with E-state index in [9.17, 15) is 9.59 Å². The van der Waals surface area contributed by atoms with Crippen molar-refractivity contribution in [2.24, 2.45) is 0 Å². The number of pyridine rings is 1. The van der Waals surface area contributed by atoms with Crippen LogP contribution >= 0.6 is 23.2 Å². The Morgan fingerprint density at radius 1 is 1.50 bits per heavy atom. The Hall–Kier alpha value is -1.77. The number of hydrogen-bond donors (Lipinski definition) is 1. The van der Waals surface area contributed by atoms with Crippen molar-refractivity contribution in [3.05, 3.63) is 28.0 Å². The maximum absolute atomic E-state index is 12.0. The van der Waals surface area contributed by atoms with Gasteiger partial charge in [-0.15, -0.1) is 6.42 Å². The van der Waals surface area contributed by atoms with E-state index >= 15 is 0 Å². The van der Waals surface area contributed by atoms with E-state index in [2.05, 4.69) is 10.9 Å². The number of carboxylic acids is 1. The van der Waals surface area contributed by atoms with E-state index in [4.69, 9.17) is 34.7 Å². The Morgan fingerprint density at radius 3 is 2.72 bits per heavy atom. The number of halogens is 2. The highest BCUT2D eigenvalue weighted by Crippen LogP contribution is 2.19. The highest BCUT2D eigenvalue weighted by atomic mass is 35.5. The number of rotatable bonds is 4. The fourth-order valence-corrected chi connectivity index (χ4v) is 1.56. The Labute approximate surface area is 113 Å². The van der Waals surface area contributed by atoms with Gasteiger partial charge >= 0.3 is 5.97 Å².